The maximum atomic E-state index is 12.5. The highest BCUT2D eigenvalue weighted by molar-refractivity contribution is 5.97. The molecule has 4 heterocycles. The first-order valence-electron chi connectivity index (χ1n) is 8.19. The Hall–Kier alpha value is -1.22. The Labute approximate surface area is 134 Å². The fourth-order valence-corrected chi connectivity index (χ4v) is 2.59. The monoisotopic (exact) mass is 326 g/mol. The Balaban J connectivity index is 1.30. The molecule has 128 valence electrons. The first-order chi connectivity index (χ1) is 11.2. The molecule has 4 saturated heterocycles. The minimum atomic E-state index is -0.153. The zero-order valence-corrected chi connectivity index (χ0v) is 13.0. The molecule has 0 N–H and O–H groups in total. The number of rotatable bonds is 10. The van der Waals surface area contributed by atoms with Crippen molar-refractivity contribution in [1.82, 2.24) is 9.80 Å². The Bertz CT molecular complexity index is 401. The number of nitrogens with zero attached hydrogens (tertiary/aromatic N) is 2. The van der Waals surface area contributed by atoms with E-state index in [1.807, 2.05) is 0 Å². The SMILES string of the molecule is O=C(CC(=O)N(CC1CO1)CC1CO1)N(CC1CO1)CC1CO1. The van der Waals surface area contributed by atoms with Gasteiger partial charge < -0.3 is 28.7 Å². The third-order valence-electron chi connectivity index (χ3n) is 4.31. The van der Waals surface area contributed by atoms with Crippen molar-refractivity contribution in [2.24, 2.45) is 0 Å². The lowest BCUT2D eigenvalue weighted by molar-refractivity contribution is -0.141. The second kappa shape index (κ2) is 6.35. The smallest absolute Gasteiger partial charge is 0.232 e. The van der Waals surface area contributed by atoms with Crippen LogP contribution in [0.15, 0.2) is 0 Å². The van der Waals surface area contributed by atoms with Crippen LogP contribution in [0.25, 0.3) is 0 Å². The molecule has 4 fully saturated rings. The molecule has 4 aliphatic rings. The van der Waals surface area contributed by atoms with Crippen molar-refractivity contribution >= 4 is 11.8 Å². The maximum absolute atomic E-state index is 12.5. The van der Waals surface area contributed by atoms with E-state index >= 15 is 0 Å². The van der Waals surface area contributed by atoms with Crippen LogP contribution in [0.5, 0.6) is 0 Å². The third-order valence-corrected chi connectivity index (χ3v) is 4.31. The highest BCUT2D eigenvalue weighted by Crippen LogP contribution is 2.19. The molecule has 0 bridgehead atoms. The van der Waals surface area contributed by atoms with Crippen molar-refractivity contribution in [3.05, 3.63) is 0 Å². The van der Waals surface area contributed by atoms with Crippen LogP contribution in [-0.4, -0.2) is 98.6 Å². The predicted molar refractivity (Wildman–Crippen MR) is 76.7 cm³/mol. The summed E-state index contributed by atoms with van der Waals surface area (Å²) in [5.74, 6) is -0.307. The minimum Gasteiger partial charge on any atom is -0.371 e. The van der Waals surface area contributed by atoms with E-state index in [2.05, 4.69) is 0 Å². The molecule has 8 heteroatoms. The van der Waals surface area contributed by atoms with Gasteiger partial charge in [-0.3, -0.25) is 9.59 Å². The lowest BCUT2D eigenvalue weighted by Crippen LogP contribution is -2.43. The molecular weight excluding hydrogens is 304 g/mol. The number of amides is 2. The van der Waals surface area contributed by atoms with E-state index in [4.69, 9.17) is 18.9 Å². The van der Waals surface area contributed by atoms with Gasteiger partial charge in [0, 0.05) is 26.2 Å². The van der Waals surface area contributed by atoms with Gasteiger partial charge in [-0.1, -0.05) is 0 Å². The van der Waals surface area contributed by atoms with Gasteiger partial charge in [-0.05, 0) is 0 Å². The van der Waals surface area contributed by atoms with Crippen LogP contribution in [0.3, 0.4) is 0 Å². The Morgan fingerprint density at radius 1 is 0.652 bits per heavy atom. The quantitative estimate of drug-likeness (QED) is 0.363. The normalized spacial score (nSPS) is 33.0. The van der Waals surface area contributed by atoms with E-state index in [1.165, 1.54) is 0 Å². The number of epoxide rings is 4. The summed E-state index contributed by atoms with van der Waals surface area (Å²) in [4.78, 5) is 28.4. The van der Waals surface area contributed by atoms with E-state index in [-0.39, 0.29) is 42.7 Å². The molecule has 4 atom stereocenters. The van der Waals surface area contributed by atoms with Crippen LogP contribution in [0.1, 0.15) is 6.42 Å². The second-order valence-corrected chi connectivity index (χ2v) is 6.60. The van der Waals surface area contributed by atoms with Gasteiger partial charge in [0.05, 0.1) is 50.8 Å². The van der Waals surface area contributed by atoms with Crippen molar-refractivity contribution < 1.29 is 28.5 Å². The largest absolute Gasteiger partial charge is 0.371 e. The highest BCUT2D eigenvalue weighted by Gasteiger charge is 2.36. The molecule has 0 spiro atoms. The van der Waals surface area contributed by atoms with Crippen LogP contribution in [0, 0.1) is 0 Å². The van der Waals surface area contributed by atoms with Crippen molar-refractivity contribution in [3.63, 3.8) is 0 Å². The zero-order valence-electron chi connectivity index (χ0n) is 13.0. The van der Waals surface area contributed by atoms with Crippen LogP contribution >= 0.6 is 0 Å². The molecule has 0 aromatic heterocycles. The summed E-state index contributed by atoms with van der Waals surface area (Å²) < 4.78 is 20.8. The van der Waals surface area contributed by atoms with Gasteiger partial charge in [-0.2, -0.15) is 0 Å². The molecule has 0 aromatic rings. The van der Waals surface area contributed by atoms with E-state index in [0.717, 1.165) is 0 Å². The summed E-state index contributed by atoms with van der Waals surface area (Å²) in [7, 11) is 0. The lowest BCUT2D eigenvalue weighted by Gasteiger charge is -2.24. The molecule has 2 amide bonds. The first-order valence-corrected chi connectivity index (χ1v) is 8.19. The summed E-state index contributed by atoms with van der Waals surface area (Å²) >= 11 is 0. The van der Waals surface area contributed by atoms with E-state index < -0.39 is 0 Å². The zero-order chi connectivity index (χ0) is 15.8. The van der Waals surface area contributed by atoms with Gasteiger partial charge in [0.2, 0.25) is 11.8 Å². The van der Waals surface area contributed by atoms with Gasteiger partial charge in [0.1, 0.15) is 6.42 Å². The van der Waals surface area contributed by atoms with Crippen molar-refractivity contribution in [2.45, 2.75) is 30.8 Å². The average Bonchev–Trinajstić information content (AvgIpc) is 3.33. The fraction of sp³-hybridized carbons (Fsp3) is 0.867. The maximum Gasteiger partial charge on any atom is 0.232 e. The Morgan fingerprint density at radius 2 is 0.913 bits per heavy atom. The minimum absolute atomic E-state index is 0.112. The van der Waals surface area contributed by atoms with Crippen LogP contribution in [-0.2, 0) is 28.5 Å². The van der Waals surface area contributed by atoms with Gasteiger partial charge >= 0.3 is 0 Å². The number of carbonyl (C=O) groups is 2. The van der Waals surface area contributed by atoms with Crippen molar-refractivity contribution in [1.29, 1.82) is 0 Å². The topological polar surface area (TPSA) is 90.7 Å². The van der Waals surface area contributed by atoms with Crippen molar-refractivity contribution in [3.8, 4) is 0 Å². The van der Waals surface area contributed by atoms with Crippen LogP contribution in [0.4, 0.5) is 0 Å². The summed E-state index contributed by atoms with van der Waals surface area (Å²) in [6.45, 7) is 4.93. The molecule has 0 aliphatic carbocycles. The standard InChI is InChI=1S/C15H22N2O6/c18-14(16(2-10-6-20-10)3-11-7-21-11)1-15(19)17(4-12-8-22-12)5-13-9-23-13/h10-13H,1-9H2. The number of carbonyl (C=O) groups excluding carboxylic acids is 2. The number of hydrogen-bond acceptors (Lipinski definition) is 6. The van der Waals surface area contributed by atoms with Crippen LogP contribution < -0.4 is 0 Å². The lowest BCUT2D eigenvalue weighted by atomic mass is 10.2. The molecule has 0 radical (unpaired) electrons. The predicted octanol–water partition coefficient (Wildman–Crippen LogP) is -1.37. The molecule has 4 aliphatic heterocycles. The van der Waals surface area contributed by atoms with Gasteiger partial charge in [0.15, 0.2) is 0 Å². The molecule has 8 nitrogen and oxygen atoms in total. The first kappa shape index (κ1) is 15.3. The molecular formula is C15H22N2O6. The number of ether oxygens (including phenoxy) is 4. The van der Waals surface area contributed by atoms with Crippen molar-refractivity contribution in [2.75, 3.05) is 52.6 Å². The highest BCUT2D eigenvalue weighted by atomic mass is 16.6. The van der Waals surface area contributed by atoms with E-state index in [1.54, 1.807) is 9.80 Å². The number of hydrogen-bond donors (Lipinski definition) is 0. The second-order valence-electron chi connectivity index (χ2n) is 6.60. The summed E-state index contributed by atoms with van der Waals surface area (Å²) in [5.41, 5.74) is 0. The third kappa shape index (κ3) is 4.87. The average molecular weight is 326 g/mol. The summed E-state index contributed by atoms with van der Waals surface area (Å²) in [5, 5.41) is 0. The van der Waals surface area contributed by atoms with Gasteiger partial charge in [0.25, 0.3) is 0 Å². The molecule has 0 saturated carbocycles. The fourth-order valence-electron chi connectivity index (χ4n) is 2.59. The van der Waals surface area contributed by atoms with Crippen LogP contribution in [0.2, 0.25) is 0 Å². The van der Waals surface area contributed by atoms with Gasteiger partial charge in [-0.15, -0.1) is 0 Å². The van der Waals surface area contributed by atoms with E-state index in [9.17, 15) is 9.59 Å². The Kier molecular flexibility index (Phi) is 4.23. The van der Waals surface area contributed by atoms with E-state index in [0.29, 0.717) is 52.6 Å². The molecule has 0 aromatic carbocycles. The molecule has 4 unspecified atom stereocenters. The Morgan fingerprint density at radius 3 is 1.13 bits per heavy atom. The molecule has 23 heavy (non-hydrogen) atoms. The molecule has 4 rings (SSSR count). The summed E-state index contributed by atoms with van der Waals surface area (Å²) in [6.07, 6.45) is 0.346. The summed E-state index contributed by atoms with van der Waals surface area (Å²) in [6, 6.07) is 0. The van der Waals surface area contributed by atoms with Gasteiger partial charge in [-0.25, -0.2) is 0 Å².